The highest BCUT2D eigenvalue weighted by molar-refractivity contribution is 5.91. The summed E-state index contributed by atoms with van der Waals surface area (Å²) in [6.45, 7) is 3.37. The summed E-state index contributed by atoms with van der Waals surface area (Å²) in [6, 6.07) is 9.88. The summed E-state index contributed by atoms with van der Waals surface area (Å²) in [5.41, 5.74) is 0.415. The van der Waals surface area contributed by atoms with Gasteiger partial charge < -0.3 is 14.4 Å². The molecule has 2 fully saturated rings. The number of hydrogen-bond acceptors (Lipinski definition) is 4. The number of nitrogens with zero attached hydrogens (tertiary/aromatic N) is 1. The van der Waals surface area contributed by atoms with Gasteiger partial charge in [-0.3, -0.25) is 9.59 Å². The van der Waals surface area contributed by atoms with Gasteiger partial charge in [0.05, 0.1) is 25.2 Å². The zero-order chi connectivity index (χ0) is 16.7. The monoisotopic (exact) mass is 327 g/mol. The van der Waals surface area contributed by atoms with Gasteiger partial charge in [0.25, 0.3) is 0 Å². The molecular formula is C19H21NO4. The van der Waals surface area contributed by atoms with E-state index >= 15 is 0 Å². The first-order chi connectivity index (χ1) is 11.6. The average molecular weight is 327 g/mol. The van der Waals surface area contributed by atoms with Crippen LogP contribution in [0.3, 0.4) is 0 Å². The predicted molar refractivity (Wildman–Crippen MR) is 86.8 cm³/mol. The normalized spacial score (nSPS) is 33.1. The van der Waals surface area contributed by atoms with Gasteiger partial charge in [-0.05, 0) is 12.0 Å². The van der Waals surface area contributed by atoms with Crippen molar-refractivity contribution >= 4 is 11.9 Å². The summed E-state index contributed by atoms with van der Waals surface area (Å²) in [6.07, 6.45) is 4.31. The Morgan fingerprint density at radius 3 is 2.92 bits per heavy atom. The number of amides is 1. The third-order valence-electron chi connectivity index (χ3n) is 5.12. The number of carbonyl (C=O) groups is 2. The quantitative estimate of drug-likeness (QED) is 0.612. The Morgan fingerprint density at radius 2 is 2.17 bits per heavy atom. The number of rotatable bonds is 5. The summed E-state index contributed by atoms with van der Waals surface area (Å²) in [5, 5.41) is 0. The molecule has 0 saturated carbocycles. The van der Waals surface area contributed by atoms with Gasteiger partial charge in [0.1, 0.15) is 11.5 Å². The van der Waals surface area contributed by atoms with Gasteiger partial charge in [0, 0.05) is 6.54 Å². The Morgan fingerprint density at radius 1 is 1.38 bits per heavy atom. The number of likely N-dealkylation sites (tertiary alicyclic amines) is 1. The van der Waals surface area contributed by atoms with E-state index in [1.54, 1.807) is 4.90 Å². The van der Waals surface area contributed by atoms with Crippen LogP contribution in [0, 0.1) is 11.8 Å². The molecule has 5 nitrogen and oxygen atoms in total. The van der Waals surface area contributed by atoms with Crippen LogP contribution >= 0.6 is 0 Å². The molecule has 4 rings (SSSR count). The lowest BCUT2D eigenvalue weighted by molar-refractivity contribution is -0.153. The van der Waals surface area contributed by atoms with E-state index < -0.39 is 17.4 Å². The molecule has 1 aromatic carbocycles. The molecule has 3 aliphatic rings. The molecule has 0 N–H and O–H groups in total. The predicted octanol–water partition coefficient (Wildman–Crippen LogP) is 1.92. The van der Waals surface area contributed by atoms with Gasteiger partial charge in [-0.25, -0.2) is 0 Å². The molecular weight excluding hydrogens is 306 g/mol. The molecule has 5 heteroatoms. The van der Waals surface area contributed by atoms with Crippen molar-refractivity contribution in [2.75, 3.05) is 13.2 Å². The summed E-state index contributed by atoms with van der Waals surface area (Å²) in [5.74, 6) is -1.30. The van der Waals surface area contributed by atoms with E-state index in [1.165, 1.54) is 0 Å². The Balaban J connectivity index is 1.56. The maximum atomic E-state index is 13.0. The molecule has 3 aliphatic heterocycles. The van der Waals surface area contributed by atoms with Crippen molar-refractivity contribution in [3.05, 3.63) is 48.0 Å². The highest BCUT2D eigenvalue weighted by atomic mass is 16.6. The van der Waals surface area contributed by atoms with E-state index in [-0.39, 0.29) is 18.0 Å². The smallest absolute Gasteiger partial charge is 0.312 e. The summed E-state index contributed by atoms with van der Waals surface area (Å²) in [7, 11) is 0. The molecule has 0 aliphatic carbocycles. The van der Waals surface area contributed by atoms with Gasteiger partial charge in [-0.2, -0.15) is 0 Å². The van der Waals surface area contributed by atoms with E-state index in [4.69, 9.17) is 9.47 Å². The second kappa shape index (κ2) is 5.74. The molecule has 3 heterocycles. The van der Waals surface area contributed by atoms with Crippen LogP contribution < -0.4 is 0 Å². The van der Waals surface area contributed by atoms with E-state index in [0.29, 0.717) is 19.7 Å². The summed E-state index contributed by atoms with van der Waals surface area (Å²) < 4.78 is 11.4. The van der Waals surface area contributed by atoms with Gasteiger partial charge >= 0.3 is 5.97 Å². The Hall–Kier alpha value is -2.14. The number of esters is 1. The Kier molecular flexibility index (Phi) is 3.68. The molecule has 1 aromatic rings. The van der Waals surface area contributed by atoms with E-state index in [2.05, 4.69) is 0 Å². The average Bonchev–Trinajstić information content (AvgIpc) is 3.22. The molecule has 1 spiro atoms. The minimum atomic E-state index is -0.660. The molecule has 4 atom stereocenters. The zero-order valence-electron chi connectivity index (χ0n) is 13.7. The van der Waals surface area contributed by atoms with Gasteiger partial charge in [0.2, 0.25) is 5.91 Å². The van der Waals surface area contributed by atoms with Gasteiger partial charge in [-0.15, -0.1) is 0 Å². The highest BCUT2D eigenvalue weighted by Crippen LogP contribution is 2.52. The maximum Gasteiger partial charge on any atom is 0.312 e. The fourth-order valence-corrected chi connectivity index (χ4v) is 4.08. The first-order valence-electron chi connectivity index (χ1n) is 8.51. The van der Waals surface area contributed by atoms with Crippen molar-refractivity contribution in [3.8, 4) is 0 Å². The Labute approximate surface area is 141 Å². The van der Waals surface area contributed by atoms with Crippen LogP contribution in [0.4, 0.5) is 0 Å². The van der Waals surface area contributed by atoms with Crippen molar-refractivity contribution < 1.29 is 19.1 Å². The Bertz CT molecular complexity index is 686. The lowest BCUT2D eigenvalue weighted by Gasteiger charge is -2.22. The highest BCUT2D eigenvalue weighted by Gasteiger charge is 2.67. The lowest BCUT2D eigenvalue weighted by atomic mass is 9.77. The number of ether oxygens (including phenoxy) is 2. The first-order valence-corrected chi connectivity index (χ1v) is 8.51. The topological polar surface area (TPSA) is 55.8 Å². The van der Waals surface area contributed by atoms with Gasteiger partial charge in [0.15, 0.2) is 0 Å². The molecule has 2 bridgehead atoms. The standard InChI is InChI=1S/C19H21NO4/c1-2-10-23-18(22)15-14-8-9-19(24-14)12-20(17(21)16(15)19)11-13-6-4-3-5-7-13/h3-9,14-16H,2,10-12H2,1H3/t14-,15+,16-,19-/m0/s1. The lowest BCUT2D eigenvalue weighted by Crippen LogP contribution is -2.40. The van der Waals surface area contributed by atoms with Crippen molar-refractivity contribution in [1.82, 2.24) is 4.90 Å². The van der Waals surface area contributed by atoms with Crippen LogP contribution in [0.1, 0.15) is 18.9 Å². The molecule has 24 heavy (non-hydrogen) atoms. The molecule has 0 radical (unpaired) electrons. The second-order valence-electron chi connectivity index (χ2n) is 6.75. The maximum absolute atomic E-state index is 13.0. The van der Waals surface area contributed by atoms with Crippen molar-refractivity contribution in [2.45, 2.75) is 31.6 Å². The SMILES string of the molecule is CCCOC(=O)[C@@H]1[C@@H]2C=C[C@@]3(CN(Cc4ccccc4)C(=O)[C@H]13)O2. The van der Waals surface area contributed by atoms with E-state index in [1.807, 2.05) is 49.4 Å². The van der Waals surface area contributed by atoms with Crippen molar-refractivity contribution in [1.29, 1.82) is 0 Å². The van der Waals surface area contributed by atoms with Crippen LogP contribution in [0.2, 0.25) is 0 Å². The van der Waals surface area contributed by atoms with Crippen LogP contribution in [-0.4, -0.2) is 41.6 Å². The number of fused-ring (bicyclic) bond motifs is 1. The zero-order valence-corrected chi connectivity index (χ0v) is 13.7. The number of carbonyl (C=O) groups excluding carboxylic acids is 2. The summed E-state index contributed by atoms with van der Waals surface area (Å²) in [4.78, 5) is 27.2. The van der Waals surface area contributed by atoms with E-state index in [9.17, 15) is 9.59 Å². The third-order valence-corrected chi connectivity index (χ3v) is 5.12. The molecule has 1 amide bonds. The van der Waals surface area contributed by atoms with Crippen LogP contribution in [0.25, 0.3) is 0 Å². The minimum Gasteiger partial charge on any atom is -0.465 e. The largest absolute Gasteiger partial charge is 0.465 e. The first kappa shape index (κ1) is 15.4. The molecule has 2 saturated heterocycles. The fourth-order valence-electron chi connectivity index (χ4n) is 4.08. The van der Waals surface area contributed by atoms with Crippen LogP contribution in [0.5, 0.6) is 0 Å². The minimum absolute atomic E-state index is 0.0100. The number of hydrogen-bond donors (Lipinski definition) is 0. The van der Waals surface area contributed by atoms with E-state index in [0.717, 1.165) is 12.0 Å². The van der Waals surface area contributed by atoms with Gasteiger partial charge in [-0.1, -0.05) is 49.4 Å². The molecule has 0 unspecified atom stereocenters. The van der Waals surface area contributed by atoms with Crippen LogP contribution in [0.15, 0.2) is 42.5 Å². The number of benzene rings is 1. The third kappa shape index (κ3) is 2.26. The molecule has 126 valence electrons. The van der Waals surface area contributed by atoms with Crippen molar-refractivity contribution in [3.63, 3.8) is 0 Å². The van der Waals surface area contributed by atoms with Crippen LogP contribution in [-0.2, 0) is 25.6 Å². The van der Waals surface area contributed by atoms with Crippen molar-refractivity contribution in [2.24, 2.45) is 11.8 Å². The second-order valence-corrected chi connectivity index (χ2v) is 6.75. The fraction of sp³-hybridized carbons (Fsp3) is 0.474. The molecule has 0 aromatic heterocycles. The summed E-state index contributed by atoms with van der Waals surface area (Å²) >= 11 is 0.